The molecule has 0 fully saturated rings. The lowest BCUT2D eigenvalue weighted by molar-refractivity contribution is -0.150. The molecule has 0 radical (unpaired) electrons. The van der Waals surface area contributed by atoms with Crippen molar-refractivity contribution in [1.29, 1.82) is 0 Å². The first-order chi connectivity index (χ1) is 19.5. The van der Waals surface area contributed by atoms with E-state index in [1.165, 1.54) is 11.1 Å². The molecule has 0 bridgehead atoms. The standard InChI is InChI=1S/C33H52O8/c1-26(2)12-10-14-28(5)20-24-40-32(36)18-16-30(34)38-22-8-7-9-23-39-31(35)17-19-33(37)41-25-21-29(6)15-11-13-27(3)4/h12-13,20-21H,7-11,14-19,22-25H2,1-6H3/b28-20+,29-21+. The van der Waals surface area contributed by atoms with Gasteiger partial charge in [-0.1, -0.05) is 34.4 Å². The second kappa shape index (κ2) is 24.6. The molecule has 0 aliphatic rings. The van der Waals surface area contributed by atoms with Crippen LogP contribution in [0.5, 0.6) is 0 Å². The molecule has 232 valence electrons. The predicted molar refractivity (Wildman–Crippen MR) is 161 cm³/mol. The van der Waals surface area contributed by atoms with Crippen molar-refractivity contribution < 1.29 is 38.1 Å². The van der Waals surface area contributed by atoms with Crippen molar-refractivity contribution in [3.05, 3.63) is 46.6 Å². The normalized spacial score (nSPS) is 11.4. The lowest BCUT2D eigenvalue weighted by atomic mass is 10.1. The molecule has 41 heavy (non-hydrogen) atoms. The number of allylic oxidation sites excluding steroid dienone is 6. The maximum atomic E-state index is 11.8. The number of unbranched alkanes of at least 4 members (excludes halogenated alkanes) is 2. The van der Waals surface area contributed by atoms with Crippen LogP contribution in [0.15, 0.2) is 46.6 Å². The topological polar surface area (TPSA) is 105 Å². The van der Waals surface area contributed by atoms with Crippen LogP contribution in [0.4, 0.5) is 0 Å². The van der Waals surface area contributed by atoms with Gasteiger partial charge in [0.15, 0.2) is 0 Å². The van der Waals surface area contributed by atoms with Crippen molar-refractivity contribution in [3.63, 3.8) is 0 Å². The summed E-state index contributed by atoms with van der Waals surface area (Å²) in [4.78, 5) is 47.2. The summed E-state index contributed by atoms with van der Waals surface area (Å²) >= 11 is 0. The van der Waals surface area contributed by atoms with Crippen LogP contribution in [0, 0.1) is 0 Å². The van der Waals surface area contributed by atoms with E-state index in [-0.39, 0.29) is 52.1 Å². The summed E-state index contributed by atoms with van der Waals surface area (Å²) in [5.41, 5.74) is 4.88. The number of esters is 4. The summed E-state index contributed by atoms with van der Waals surface area (Å²) in [6, 6.07) is 0. The minimum absolute atomic E-state index is 0.0140. The quantitative estimate of drug-likeness (QED) is 0.0573. The van der Waals surface area contributed by atoms with Crippen molar-refractivity contribution in [1.82, 2.24) is 0 Å². The highest BCUT2D eigenvalue weighted by molar-refractivity contribution is 5.78. The Kier molecular flexibility index (Phi) is 22.7. The van der Waals surface area contributed by atoms with E-state index in [0.717, 1.165) is 36.8 Å². The molecule has 0 N–H and O–H groups in total. The second-order valence-electron chi connectivity index (χ2n) is 10.6. The number of rotatable bonds is 22. The molecule has 0 aliphatic carbocycles. The molecule has 0 saturated heterocycles. The largest absolute Gasteiger partial charge is 0.466 e. The number of carbonyl (C=O) groups excluding carboxylic acids is 4. The number of hydrogen-bond acceptors (Lipinski definition) is 8. The average Bonchev–Trinajstić information content (AvgIpc) is 2.89. The zero-order chi connectivity index (χ0) is 30.9. The van der Waals surface area contributed by atoms with E-state index in [0.29, 0.717) is 19.3 Å². The van der Waals surface area contributed by atoms with E-state index >= 15 is 0 Å². The zero-order valence-electron chi connectivity index (χ0n) is 26.2. The smallest absolute Gasteiger partial charge is 0.306 e. The maximum absolute atomic E-state index is 11.8. The fraction of sp³-hybridized carbons (Fsp3) is 0.636. The summed E-state index contributed by atoms with van der Waals surface area (Å²) in [7, 11) is 0. The summed E-state index contributed by atoms with van der Waals surface area (Å²) in [5.74, 6) is -1.74. The van der Waals surface area contributed by atoms with Gasteiger partial charge in [-0.15, -0.1) is 0 Å². The Labute approximate surface area is 247 Å². The van der Waals surface area contributed by atoms with Gasteiger partial charge in [-0.05, 0) is 98.6 Å². The highest BCUT2D eigenvalue weighted by Gasteiger charge is 2.10. The van der Waals surface area contributed by atoms with E-state index in [1.54, 1.807) is 0 Å². The van der Waals surface area contributed by atoms with Gasteiger partial charge in [0.2, 0.25) is 0 Å². The molecule has 0 aliphatic heterocycles. The molecule has 0 atom stereocenters. The van der Waals surface area contributed by atoms with Gasteiger partial charge in [0.25, 0.3) is 0 Å². The fourth-order valence-electron chi connectivity index (χ4n) is 3.38. The molecular weight excluding hydrogens is 524 g/mol. The molecule has 0 unspecified atom stereocenters. The van der Waals surface area contributed by atoms with Crippen LogP contribution >= 0.6 is 0 Å². The first-order valence-electron chi connectivity index (χ1n) is 14.7. The van der Waals surface area contributed by atoms with Crippen LogP contribution in [0.1, 0.15) is 112 Å². The van der Waals surface area contributed by atoms with Crippen LogP contribution in [0.2, 0.25) is 0 Å². The third kappa shape index (κ3) is 26.8. The van der Waals surface area contributed by atoms with Gasteiger partial charge in [0.1, 0.15) is 13.2 Å². The predicted octanol–water partition coefficient (Wildman–Crippen LogP) is 7.28. The Bertz CT molecular complexity index is 842. The SMILES string of the molecule is CC(C)=CCC/C(C)=C/COC(=O)CCC(=O)OCCCCCOC(=O)CCC(=O)OC/C=C(\C)CCC=C(C)C. The monoisotopic (exact) mass is 576 g/mol. The maximum Gasteiger partial charge on any atom is 0.306 e. The van der Waals surface area contributed by atoms with E-state index in [9.17, 15) is 19.2 Å². The van der Waals surface area contributed by atoms with Crippen LogP contribution in [0.3, 0.4) is 0 Å². The minimum atomic E-state index is -0.442. The molecule has 0 rings (SSSR count). The van der Waals surface area contributed by atoms with Crippen LogP contribution in [-0.4, -0.2) is 50.3 Å². The van der Waals surface area contributed by atoms with E-state index in [2.05, 4.69) is 39.8 Å². The Morgan fingerprint density at radius 3 is 1.12 bits per heavy atom. The van der Waals surface area contributed by atoms with Crippen molar-refractivity contribution in [3.8, 4) is 0 Å². The summed E-state index contributed by atoms with van der Waals surface area (Å²) in [6.45, 7) is 13.1. The van der Waals surface area contributed by atoms with Crippen molar-refractivity contribution in [2.24, 2.45) is 0 Å². The van der Waals surface area contributed by atoms with Crippen LogP contribution in [0.25, 0.3) is 0 Å². The van der Waals surface area contributed by atoms with E-state index in [4.69, 9.17) is 18.9 Å². The van der Waals surface area contributed by atoms with Gasteiger partial charge < -0.3 is 18.9 Å². The van der Waals surface area contributed by atoms with E-state index in [1.807, 2.05) is 26.0 Å². The number of hydrogen-bond donors (Lipinski definition) is 0. The molecule has 0 aromatic carbocycles. The van der Waals surface area contributed by atoms with Gasteiger partial charge in [-0.2, -0.15) is 0 Å². The molecule has 8 nitrogen and oxygen atoms in total. The Balaban J connectivity index is 3.75. The van der Waals surface area contributed by atoms with Crippen LogP contribution < -0.4 is 0 Å². The van der Waals surface area contributed by atoms with Gasteiger partial charge >= 0.3 is 23.9 Å². The molecular formula is C33H52O8. The molecule has 0 saturated carbocycles. The number of ether oxygens (including phenoxy) is 4. The lowest BCUT2D eigenvalue weighted by Crippen LogP contribution is -2.12. The first-order valence-corrected chi connectivity index (χ1v) is 14.7. The summed E-state index contributed by atoms with van der Waals surface area (Å²) < 4.78 is 20.6. The Morgan fingerprint density at radius 1 is 0.439 bits per heavy atom. The third-order valence-electron chi connectivity index (χ3n) is 5.92. The fourth-order valence-corrected chi connectivity index (χ4v) is 3.38. The van der Waals surface area contributed by atoms with Gasteiger partial charge in [0.05, 0.1) is 38.9 Å². The Morgan fingerprint density at radius 2 is 0.780 bits per heavy atom. The third-order valence-corrected chi connectivity index (χ3v) is 5.92. The van der Waals surface area contributed by atoms with Gasteiger partial charge in [0, 0.05) is 0 Å². The first kappa shape index (κ1) is 37.8. The zero-order valence-corrected chi connectivity index (χ0v) is 26.2. The minimum Gasteiger partial charge on any atom is -0.466 e. The lowest BCUT2D eigenvalue weighted by Gasteiger charge is -2.07. The molecule has 0 spiro atoms. The molecule has 8 heteroatoms. The second-order valence-corrected chi connectivity index (χ2v) is 10.6. The molecule has 0 amide bonds. The average molecular weight is 577 g/mol. The summed E-state index contributed by atoms with van der Waals surface area (Å²) in [6.07, 6.45) is 13.8. The molecule has 0 aromatic heterocycles. The number of carbonyl (C=O) groups is 4. The van der Waals surface area contributed by atoms with Gasteiger partial charge in [-0.3, -0.25) is 19.2 Å². The van der Waals surface area contributed by atoms with Crippen LogP contribution in [-0.2, 0) is 38.1 Å². The molecule has 0 heterocycles. The van der Waals surface area contributed by atoms with E-state index < -0.39 is 23.9 Å². The van der Waals surface area contributed by atoms with Crippen molar-refractivity contribution >= 4 is 23.9 Å². The van der Waals surface area contributed by atoms with Crippen molar-refractivity contribution in [2.75, 3.05) is 26.4 Å². The highest BCUT2D eigenvalue weighted by atomic mass is 16.5. The van der Waals surface area contributed by atoms with Gasteiger partial charge in [-0.25, -0.2) is 0 Å². The summed E-state index contributed by atoms with van der Waals surface area (Å²) in [5, 5.41) is 0. The Hall–Kier alpha value is -3.16. The van der Waals surface area contributed by atoms with Crippen molar-refractivity contribution in [2.45, 2.75) is 112 Å². The molecule has 0 aromatic rings. The highest BCUT2D eigenvalue weighted by Crippen LogP contribution is 2.08.